The van der Waals surface area contributed by atoms with E-state index >= 15 is 0 Å². The number of halogens is 3. The van der Waals surface area contributed by atoms with Crippen molar-refractivity contribution in [2.75, 3.05) is 26.2 Å². The normalized spacial score (nSPS) is 18.0. The van der Waals surface area contributed by atoms with Gasteiger partial charge in [-0.05, 0) is 24.1 Å². The number of aliphatic carboxylic acids is 1. The van der Waals surface area contributed by atoms with Crippen molar-refractivity contribution >= 4 is 12.0 Å². The maximum atomic E-state index is 12.6. The number of nitrogens with zero attached hydrogens (tertiary/aromatic N) is 1. The van der Waals surface area contributed by atoms with Crippen molar-refractivity contribution in [2.24, 2.45) is 0 Å². The van der Waals surface area contributed by atoms with Gasteiger partial charge in [0.2, 0.25) is 0 Å². The summed E-state index contributed by atoms with van der Waals surface area (Å²) in [5, 5.41) is 11.2. The molecule has 9 heteroatoms. The van der Waals surface area contributed by atoms with E-state index in [9.17, 15) is 22.8 Å². The average molecular weight is 360 g/mol. The molecule has 1 atom stereocenters. The summed E-state index contributed by atoms with van der Waals surface area (Å²) in [7, 11) is 0. The van der Waals surface area contributed by atoms with Crippen LogP contribution in [0.25, 0.3) is 0 Å². The number of amides is 2. The van der Waals surface area contributed by atoms with Crippen molar-refractivity contribution < 1.29 is 32.6 Å². The van der Waals surface area contributed by atoms with E-state index in [1.807, 2.05) is 0 Å². The van der Waals surface area contributed by atoms with Gasteiger partial charge in [0.25, 0.3) is 0 Å². The number of ether oxygens (including phenoxy) is 1. The number of carboxylic acid groups (broad SMARTS) is 1. The standard InChI is InChI=1S/C16H19F3N2O4/c17-16(18,19)12-5-3-11(4-6-12)13-10-21(8-9-25-13)15(24)20-7-1-2-14(22)23/h3-6,13H,1-2,7-10H2,(H,20,24)(H,22,23). The number of urea groups is 1. The summed E-state index contributed by atoms with van der Waals surface area (Å²) in [6, 6.07) is 4.34. The number of carbonyl (C=O) groups excluding carboxylic acids is 1. The molecule has 0 spiro atoms. The second-order valence-electron chi connectivity index (χ2n) is 5.65. The van der Waals surface area contributed by atoms with E-state index in [0.717, 1.165) is 12.1 Å². The summed E-state index contributed by atoms with van der Waals surface area (Å²) >= 11 is 0. The number of carbonyl (C=O) groups is 2. The summed E-state index contributed by atoms with van der Waals surface area (Å²) in [6.07, 6.45) is -4.60. The molecule has 1 saturated heterocycles. The Balaban J connectivity index is 1.89. The molecule has 0 saturated carbocycles. The van der Waals surface area contributed by atoms with Gasteiger partial charge >= 0.3 is 18.2 Å². The lowest BCUT2D eigenvalue weighted by molar-refractivity contribution is -0.138. The number of alkyl halides is 3. The third kappa shape index (κ3) is 5.63. The highest BCUT2D eigenvalue weighted by Crippen LogP contribution is 2.31. The first-order chi connectivity index (χ1) is 11.8. The molecule has 0 aromatic heterocycles. The predicted octanol–water partition coefficient (Wildman–Crippen LogP) is 2.65. The number of nitrogens with one attached hydrogen (secondary N) is 1. The molecule has 138 valence electrons. The Bertz CT molecular complexity index is 604. The Labute approximate surface area is 142 Å². The van der Waals surface area contributed by atoms with Gasteiger partial charge < -0.3 is 20.1 Å². The minimum atomic E-state index is -4.40. The van der Waals surface area contributed by atoms with Crippen LogP contribution in [0.5, 0.6) is 0 Å². The maximum absolute atomic E-state index is 12.6. The molecule has 2 amide bonds. The highest BCUT2D eigenvalue weighted by atomic mass is 19.4. The zero-order valence-corrected chi connectivity index (χ0v) is 13.4. The number of benzene rings is 1. The molecule has 1 fully saturated rings. The summed E-state index contributed by atoms with van der Waals surface area (Å²) in [5.74, 6) is -0.928. The van der Waals surface area contributed by atoms with E-state index in [0.29, 0.717) is 18.5 Å². The summed E-state index contributed by atoms with van der Waals surface area (Å²) in [6.45, 7) is 1.10. The lowest BCUT2D eigenvalue weighted by Crippen LogP contribution is -2.47. The smallest absolute Gasteiger partial charge is 0.416 e. The summed E-state index contributed by atoms with van der Waals surface area (Å²) in [4.78, 5) is 24.0. The first-order valence-electron chi connectivity index (χ1n) is 7.80. The van der Waals surface area contributed by atoms with Gasteiger partial charge in [-0.25, -0.2) is 4.79 Å². The van der Waals surface area contributed by atoms with Crippen LogP contribution in [0.4, 0.5) is 18.0 Å². The molecule has 0 radical (unpaired) electrons. The Hall–Kier alpha value is -2.29. The summed E-state index contributed by atoms with van der Waals surface area (Å²) in [5.41, 5.74) is -0.170. The van der Waals surface area contributed by atoms with Gasteiger partial charge in [0.15, 0.2) is 0 Å². The minimum Gasteiger partial charge on any atom is -0.481 e. The second kappa shape index (κ2) is 8.19. The van der Waals surface area contributed by atoms with Gasteiger partial charge in [-0.15, -0.1) is 0 Å². The topological polar surface area (TPSA) is 78.9 Å². The van der Waals surface area contributed by atoms with Crippen LogP contribution in [0.3, 0.4) is 0 Å². The Morgan fingerprint density at radius 1 is 1.28 bits per heavy atom. The van der Waals surface area contributed by atoms with E-state index < -0.39 is 23.8 Å². The van der Waals surface area contributed by atoms with E-state index in [1.165, 1.54) is 17.0 Å². The van der Waals surface area contributed by atoms with Gasteiger partial charge in [-0.1, -0.05) is 12.1 Å². The fourth-order valence-electron chi connectivity index (χ4n) is 2.47. The summed E-state index contributed by atoms with van der Waals surface area (Å²) < 4.78 is 43.3. The van der Waals surface area contributed by atoms with Crippen LogP contribution < -0.4 is 5.32 Å². The van der Waals surface area contributed by atoms with Crippen LogP contribution in [0.2, 0.25) is 0 Å². The van der Waals surface area contributed by atoms with E-state index in [4.69, 9.17) is 9.84 Å². The molecule has 6 nitrogen and oxygen atoms in total. The van der Waals surface area contributed by atoms with Crippen LogP contribution in [-0.4, -0.2) is 48.2 Å². The Morgan fingerprint density at radius 2 is 1.96 bits per heavy atom. The second-order valence-corrected chi connectivity index (χ2v) is 5.65. The highest BCUT2D eigenvalue weighted by Gasteiger charge is 2.31. The number of hydrogen-bond acceptors (Lipinski definition) is 3. The van der Waals surface area contributed by atoms with Crippen molar-refractivity contribution in [2.45, 2.75) is 25.1 Å². The molecule has 1 aromatic carbocycles. The highest BCUT2D eigenvalue weighted by molar-refractivity contribution is 5.74. The molecular weight excluding hydrogens is 341 g/mol. The Morgan fingerprint density at radius 3 is 2.56 bits per heavy atom. The first kappa shape index (κ1) is 19.0. The molecule has 0 bridgehead atoms. The molecule has 1 unspecified atom stereocenters. The number of carboxylic acids is 1. The molecule has 25 heavy (non-hydrogen) atoms. The maximum Gasteiger partial charge on any atom is 0.416 e. The molecule has 1 aliphatic heterocycles. The van der Waals surface area contributed by atoms with Crippen LogP contribution in [-0.2, 0) is 15.7 Å². The van der Waals surface area contributed by atoms with Crippen molar-refractivity contribution in [3.05, 3.63) is 35.4 Å². The van der Waals surface area contributed by atoms with E-state index in [2.05, 4.69) is 5.32 Å². The lowest BCUT2D eigenvalue weighted by atomic mass is 10.1. The van der Waals surface area contributed by atoms with Gasteiger partial charge in [-0.3, -0.25) is 4.79 Å². The average Bonchev–Trinajstić information content (AvgIpc) is 2.58. The van der Waals surface area contributed by atoms with Crippen molar-refractivity contribution in [3.63, 3.8) is 0 Å². The van der Waals surface area contributed by atoms with Gasteiger partial charge in [-0.2, -0.15) is 13.2 Å². The molecular formula is C16H19F3N2O4. The predicted molar refractivity (Wildman–Crippen MR) is 82.0 cm³/mol. The monoisotopic (exact) mass is 360 g/mol. The van der Waals surface area contributed by atoms with Crippen LogP contribution in [0.1, 0.15) is 30.1 Å². The fraction of sp³-hybridized carbons (Fsp3) is 0.500. The zero-order valence-electron chi connectivity index (χ0n) is 13.4. The third-order valence-corrected chi connectivity index (χ3v) is 3.81. The van der Waals surface area contributed by atoms with Crippen molar-refractivity contribution in [3.8, 4) is 0 Å². The minimum absolute atomic E-state index is 0.0302. The Kier molecular flexibility index (Phi) is 6.24. The fourth-order valence-corrected chi connectivity index (χ4v) is 2.47. The number of rotatable bonds is 5. The molecule has 0 aliphatic carbocycles. The quantitative estimate of drug-likeness (QED) is 0.792. The van der Waals surface area contributed by atoms with Crippen molar-refractivity contribution in [1.82, 2.24) is 10.2 Å². The zero-order chi connectivity index (χ0) is 18.4. The van der Waals surface area contributed by atoms with E-state index in [1.54, 1.807) is 0 Å². The number of morpholine rings is 1. The van der Waals surface area contributed by atoms with Crippen LogP contribution in [0, 0.1) is 0 Å². The van der Waals surface area contributed by atoms with Gasteiger partial charge in [0.05, 0.1) is 18.7 Å². The van der Waals surface area contributed by atoms with Crippen LogP contribution >= 0.6 is 0 Å². The lowest BCUT2D eigenvalue weighted by Gasteiger charge is -2.33. The third-order valence-electron chi connectivity index (χ3n) is 3.81. The molecule has 2 N–H and O–H groups in total. The number of hydrogen-bond donors (Lipinski definition) is 2. The molecule has 1 aliphatic rings. The first-order valence-corrected chi connectivity index (χ1v) is 7.80. The van der Waals surface area contributed by atoms with Crippen molar-refractivity contribution in [1.29, 1.82) is 0 Å². The molecule has 1 heterocycles. The SMILES string of the molecule is O=C(O)CCCNC(=O)N1CCOC(c2ccc(C(F)(F)F)cc2)C1. The van der Waals surface area contributed by atoms with Gasteiger partial charge in [0.1, 0.15) is 6.10 Å². The molecule has 2 rings (SSSR count). The van der Waals surface area contributed by atoms with Crippen LogP contribution in [0.15, 0.2) is 24.3 Å². The largest absolute Gasteiger partial charge is 0.481 e. The molecule has 1 aromatic rings. The van der Waals surface area contributed by atoms with E-state index in [-0.39, 0.29) is 32.1 Å². The van der Waals surface area contributed by atoms with Gasteiger partial charge in [0, 0.05) is 19.5 Å².